The van der Waals surface area contributed by atoms with Crippen LogP contribution >= 0.6 is 11.3 Å². The van der Waals surface area contributed by atoms with Gasteiger partial charge in [-0.05, 0) is 30.3 Å². The number of nitriles is 1. The zero-order valence-electron chi connectivity index (χ0n) is 14.5. The van der Waals surface area contributed by atoms with Crippen molar-refractivity contribution in [2.75, 3.05) is 5.32 Å². The fourth-order valence-electron chi connectivity index (χ4n) is 2.74. The Labute approximate surface area is 166 Å². The molecule has 0 saturated carbocycles. The van der Waals surface area contributed by atoms with Crippen molar-refractivity contribution in [1.29, 1.82) is 5.26 Å². The van der Waals surface area contributed by atoms with Gasteiger partial charge in [-0.2, -0.15) is 5.26 Å². The number of hydrogen-bond donors (Lipinski definition) is 1. The zero-order valence-corrected chi connectivity index (χ0v) is 15.3. The average molecular weight is 407 g/mol. The number of hydrogen-bond acceptors (Lipinski definition) is 6. The Morgan fingerprint density at radius 2 is 2.03 bits per heavy atom. The number of benzene rings is 2. The predicted molar refractivity (Wildman–Crippen MR) is 104 cm³/mol. The van der Waals surface area contributed by atoms with E-state index in [0.717, 1.165) is 6.07 Å². The maximum absolute atomic E-state index is 13.1. The Kier molecular flexibility index (Phi) is 4.50. The number of fused-ring (bicyclic) bond motifs is 1. The first kappa shape index (κ1) is 18.3. The molecule has 1 N–H and O–H groups in total. The summed E-state index contributed by atoms with van der Waals surface area (Å²) in [6.07, 6.45) is 1.66. The molecule has 4 aromatic rings. The molecule has 0 fully saturated rings. The minimum absolute atomic E-state index is 0.0170. The highest BCUT2D eigenvalue weighted by molar-refractivity contribution is 7.15. The number of halogens is 1. The van der Waals surface area contributed by atoms with Gasteiger partial charge in [0.05, 0.1) is 21.9 Å². The number of carbonyl (C=O) groups excluding carboxylic acids is 1. The maximum Gasteiger partial charge on any atom is 0.273 e. The van der Waals surface area contributed by atoms with Crippen LogP contribution in [-0.2, 0) is 0 Å². The third-order valence-electron chi connectivity index (χ3n) is 4.16. The largest absolute Gasteiger partial charge is 0.319 e. The van der Waals surface area contributed by atoms with Crippen molar-refractivity contribution in [1.82, 2.24) is 9.38 Å². The molecule has 4 rings (SSSR count). The van der Waals surface area contributed by atoms with Crippen molar-refractivity contribution in [3.8, 4) is 17.3 Å². The monoisotopic (exact) mass is 407 g/mol. The van der Waals surface area contributed by atoms with Crippen molar-refractivity contribution in [2.45, 2.75) is 0 Å². The molecular weight excluding hydrogens is 397 g/mol. The summed E-state index contributed by atoms with van der Waals surface area (Å²) in [4.78, 5) is 28.0. The van der Waals surface area contributed by atoms with Crippen molar-refractivity contribution < 1.29 is 14.1 Å². The van der Waals surface area contributed by atoms with Crippen molar-refractivity contribution in [2.24, 2.45) is 0 Å². The van der Waals surface area contributed by atoms with Gasteiger partial charge in [0, 0.05) is 29.3 Å². The summed E-state index contributed by atoms with van der Waals surface area (Å²) in [5.41, 5.74) is 1.48. The predicted octanol–water partition coefficient (Wildman–Crippen LogP) is 4.23. The van der Waals surface area contributed by atoms with Crippen LogP contribution < -0.4 is 5.32 Å². The van der Waals surface area contributed by atoms with Crippen molar-refractivity contribution in [3.05, 3.63) is 81.2 Å². The third-order valence-corrected chi connectivity index (χ3v) is 5.00. The van der Waals surface area contributed by atoms with E-state index >= 15 is 0 Å². The van der Waals surface area contributed by atoms with Gasteiger partial charge >= 0.3 is 0 Å². The highest BCUT2D eigenvalue weighted by Gasteiger charge is 2.18. The van der Waals surface area contributed by atoms with E-state index < -0.39 is 10.8 Å². The molecule has 10 heteroatoms. The lowest BCUT2D eigenvalue weighted by Crippen LogP contribution is -2.14. The smallest absolute Gasteiger partial charge is 0.273 e. The molecule has 0 atom stereocenters. The number of anilines is 1. The molecule has 0 unspecified atom stereocenters. The quantitative estimate of drug-likeness (QED) is 0.402. The number of imidazole rings is 1. The summed E-state index contributed by atoms with van der Waals surface area (Å²) in [6, 6.07) is 11.3. The number of carbonyl (C=O) groups is 1. The molecule has 0 spiro atoms. The van der Waals surface area contributed by atoms with Gasteiger partial charge in [-0.15, -0.1) is 11.3 Å². The van der Waals surface area contributed by atoms with Gasteiger partial charge in [0.1, 0.15) is 17.6 Å². The van der Waals surface area contributed by atoms with Crippen LogP contribution in [0.15, 0.2) is 54.0 Å². The van der Waals surface area contributed by atoms with E-state index in [1.54, 1.807) is 28.1 Å². The van der Waals surface area contributed by atoms with E-state index in [0.29, 0.717) is 16.2 Å². The second-order valence-corrected chi connectivity index (χ2v) is 6.80. The number of nitro benzene ring substituents is 1. The average Bonchev–Trinajstić information content (AvgIpc) is 3.29. The zero-order chi connectivity index (χ0) is 20.5. The van der Waals surface area contributed by atoms with Crippen LogP contribution in [0, 0.1) is 27.3 Å². The maximum atomic E-state index is 13.1. The van der Waals surface area contributed by atoms with Crippen LogP contribution in [0.3, 0.4) is 0 Å². The first-order valence-electron chi connectivity index (χ1n) is 8.18. The standard InChI is InChI=1S/C19H10FN5O3S/c20-13-3-1-11(2-4-13)16-9-24-17(10-29-19(24)23-16)18(26)22-15-6-5-14(25(27)28)7-12(15)8-21/h1-7,9-10H,(H,22,26). The minimum Gasteiger partial charge on any atom is -0.319 e. The molecule has 142 valence electrons. The number of nitro groups is 1. The van der Waals surface area contributed by atoms with Crippen LogP contribution in [0.1, 0.15) is 16.1 Å². The highest BCUT2D eigenvalue weighted by Crippen LogP contribution is 2.26. The number of nitrogens with zero attached hydrogens (tertiary/aromatic N) is 4. The Balaban J connectivity index is 1.65. The van der Waals surface area contributed by atoms with Gasteiger partial charge in [0.25, 0.3) is 11.6 Å². The lowest BCUT2D eigenvalue weighted by atomic mass is 10.1. The van der Waals surface area contributed by atoms with Gasteiger partial charge in [-0.25, -0.2) is 9.37 Å². The topological polar surface area (TPSA) is 113 Å². The van der Waals surface area contributed by atoms with Crippen LogP contribution in [0.25, 0.3) is 16.2 Å². The molecular formula is C19H10FN5O3S. The molecule has 2 heterocycles. The number of rotatable bonds is 4. The Morgan fingerprint density at radius 1 is 1.28 bits per heavy atom. The van der Waals surface area contributed by atoms with E-state index in [9.17, 15) is 24.6 Å². The Morgan fingerprint density at radius 3 is 2.72 bits per heavy atom. The molecule has 0 aliphatic carbocycles. The molecule has 0 aliphatic rings. The molecule has 0 aliphatic heterocycles. The summed E-state index contributed by atoms with van der Waals surface area (Å²) >= 11 is 1.25. The van der Waals surface area contributed by atoms with E-state index in [2.05, 4.69) is 10.3 Å². The molecule has 8 nitrogen and oxygen atoms in total. The fourth-order valence-corrected chi connectivity index (χ4v) is 3.59. The third kappa shape index (κ3) is 3.42. The van der Waals surface area contributed by atoms with Crippen molar-refractivity contribution >= 4 is 33.6 Å². The SMILES string of the molecule is N#Cc1cc([N+](=O)[O-])ccc1NC(=O)c1csc2nc(-c3ccc(F)cc3)cn12. The Hall–Kier alpha value is -4.10. The van der Waals surface area contributed by atoms with Gasteiger partial charge in [0.15, 0.2) is 4.96 Å². The van der Waals surface area contributed by atoms with Gasteiger partial charge in [-0.3, -0.25) is 19.3 Å². The molecule has 0 radical (unpaired) electrons. The summed E-state index contributed by atoms with van der Waals surface area (Å²) in [7, 11) is 0. The number of non-ortho nitro benzene ring substituents is 1. The fraction of sp³-hybridized carbons (Fsp3) is 0. The number of thiazole rings is 1. The summed E-state index contributed by atoms with van der Waals surface area (Å²) in [5.74, 6) is -0.851. The summed E-state index contributed by atoms with van der Waals surface area (Å²) < 4.78 is 14.7. The molecule has 1 amide bonds. The summed E-state index contributed by atoms with van der Waals surface area (Å²) in [6.45, 7) is 0. The lowest BCUT2D eigenvalue weighted by molar-refractivity contribution is -0.384. The van der Waals surface area contributed by atoms with Crippen LogP contribution in [0.4, 0.5) is 15.8 Å². The molecule has 2 aromatic heterocycles. The van der Waals surface area contributed by atoms with Crippen LogP contribution in [-0.4, -0.2) is 20.2 Å². The first-order chi connectivity index (χ1) is 14.0. The first-order valence-corrected chi connectivity index (χ1v) is 9.06. The lowest BCUT2D eigenvalue weighted by Gasteiger charge is -2.06. The number of amides is 1. The second-order valence-electron chi connectivity index (χ2n) is 5.96. The van der Waals surface area contributed by atoms with Gasteiger partial charge in [-0.1, -0.05) is 0 Å². The highest BCUT2D eigenvalue weighted by atomic mass is 32.1. The number of aromatic nitrogens is 2. The van der Waals surface area contributed by atoms with Crippen LogP contribution in [0.2, 0.25) is 0 Å². The van der Waals surface area contributed by atoms with Crippen molar-refractivity contribution in [3.63, 3.8) is 0 Å². The van der Waals surface area contributed by atoms with Gasteiger partial charge < -0.3 is 5.32 Å². The summed E-state index contributed by atoms with van der Waals surface area (Å²) in [5, 5.41) is 24.3. The molecule has 0 saturated heterocycles. The minimum atomic E-state index is -0.614. The van der Waals surface area contributed by atoms with E-state index in [1.807, 2.05) is 6.07 Å². The number of nitrogens with one attached hydrogen (secondary N) is 1. The molecule has 0 bridgehead atoms. The second kappa shape index (κ2) is 7.14. The Bertz CT molecular complexity index is 1300. The van der Waals surface area contributed by atoms with E-state index in [4.69, 9.17) is 0 Å². The molecule has 29 heavy (non-hydrogen) atoms. The van der Waals surface area contributed by atoms with Gasteiger partial charge in [0.2, 0.25) is 0 Å². The van der Waals surface area contributed by atoms with E-state index in [1.165, 1.54) is 35.6 Å². The normalized spacial score (nSPS) is 10.6. The van der Waals surface area contributed by atoms with E-state index in [-0.39, 0.29) is 28.4 Å². The molecule has 2 aromatic carbocycles. The van der Waals surface area contributed by atoms with Crippen LogP contribution in [0.5, 0.6) is 0 Å².